The minimum Gasteiger partial charge on any atom is -0.369 e. The van der Waals surface area contributed by atoms with Crippen molar-refractivity contribution in [2.45, 2.75) is 32.6 Å². The van der Waals surface area contributed by atoms with Gasteiger partial charge in [0.05, 0.1) is 17.6 Å². The van der Waals surface area contributed by atoms with Crippen molar-refractivity contribution < 1.29 is 22.8 Å². The largest absolute Gasteiger partial charge is 0.473 e. The van der Waals surface area contributed by atoms with Gasteiger partial charge >= 0.3 is 12.1 Å². The molecule has 0 saturated carbocycles. The Morgan fingerprint density at radius 1 is 1.13 bits per heavy atom. The summed E-state index contributed by atoms with van der Waals surface area (Å²) in [5, 5.41) is 3.08. The molecule has 0 aliphatic carbocycles. The number of aryl methyl sites for hydroxylation is 1. The number of carbonyl (C=O) groups is 2. The average molecular weight is 543 g/mol. The maximum absolute atomic E-state index is 13.3. The number of benzene rings is 2. The monoisotopic (exact) mass is 542 g/mol. The van der Waals surface area contributed by atoms with E-state index in [1.165, 1.54) is 31.3 Å². The molecule has 2 aromatic heterocycles. The highest BCUT2D eigenvalue weighted by Gasteiger charge is 2.43. The first kappa shape index (κ1) is 27.2. The Bertz CT molecular complexity index is 1550. The first-order chi connectivity index (χ1) is 18.5. The van der Waals surface area contributed by atoms with Gasteiger partial charge in [-0.25, -0.2) is 15.0 Å². The fourth-order valence-corrected chi connectivity index (χ4v) is 3.86. The number of nitrogens with one attached hydrogen (secondary N) is 3. The molecule has 0 unspecified atom stereocenters. The van der Waals surface area contributed by atoms with Crippen molar-refractivity contribution in [3.63, 3.8) is 0 Å². The lowest BCUT2D eigenvalue weighted by Crippen LogP contribution is -2.52. The number of rotatable bonds is 8. The number of aromatic amines is 1. The minimum absolute atomic E-state index is 0.0142. The maximum atomic E-state index is 13.3. The van der Waals surface area contributed by atoms with E-state index >= 15 is 0 Å². The molecular formula is C25H25F3N8O3. The molecule has 11 nitrogen and oxygen atoms in total. The Kier molecular flexibility index (Phi) is 7.83. The highest BCUT2D eigenvalue weighted by molar-refractivity contribution is 5.85. The van der Waals surface area contributed by atoms with Gasteiger partial charge in [0.25, 0.3) is 11.5 Å². The zero-order chi connectivity index (χ0) is 28.2. The van der Waals surface area contributed by atoms with Crippen LogP contribution < -0.4 is 22.0 Å². The number of nitrogen functional groups attached to an aromatic ring is 1. The number of aromatic nitrogens is 4. The van der Waals surface area contributed by atoms with E-state index in [1.54, 1.807) is 0 Å². The molecule has 14 heteroatoms. The lowest BCUT2D eigenvalue weighted by Gasteiger charge is -2.24. The van der Waals surface area contributed by atoms with Crippen LogP contribution in [0.2, 0.25) is 0 Å². The first-order valence-electron chi connectivity index (χ1n) is 11.8. The van der Waals surface area contributed by atoms with Crippen molar-refractivity contribution in [2.24, 2.45) is 0 Å². The molecule has 4 rings (SSSR count). The van der Waals surface area contributed by atoms with Crippen molar-refractivity contribution >= 4 is 34.6 Å². The summed E-state index contributed by atoms with van der Waals surface area (Å²) >= 11 is 0. The summed E-state index contributed by atoms with van der Waals surface area (Å²) in [6.45, 7) is 0.675. The molecule has 2 heterocycles. The van der Waals surface area contributed by atoms with E-state index < -0.39 is 36.6 Å². The fraction of sp³-hybridized carbons (Fsp3) is 0.240. The molecule has 0 bridgehead atoms. The Morgan fingerprint density at radius 2 is 1.87 bits per heavy atom. The lowest BCUT2D eigenvalue weighted by atomic mass is 10.1. The molecule has 0 aliphatic rings. The number of amides is 2. The smallest absolute Gasteiger partial charge is 0.369 e. The molecule has 0 atom stereocenters. The maximum Gasteiger partial charge on any atom is 0.473 e. The highest BCUT2D eigenvalue weighted by Crippen LogP contribution is 2.21. The number of nitrogens with zero attached hydrogens (tertiary/aromatic N) is 4. The van der Waals surface area contributed by atoms with Crippen molar-refractivity contribution in [3.8, 4) is 0 Å². The van der Waals surface area contributed by atoms with Gasteiger partial charge in [-0.3, -0.25) is 24.4 Å². The molecular weight excluding hydrogens is 517 g/mol. The number of H-pyrrole nitrogens is 1. The van der Waals surface area contributed by atoms with E-state index in [0.29, 0.717) is 29.7 Å². The number of halogens is 3. The van der Waals surface area contributed by atoms with E-state index in [-0.39, 0.29) is 22.3 Å². The minimum atomic E-state index is -5.25. The van der Waals surface area contributed by atoms with Crippen molar-refractivity contribution in [1.29, 1.82) is 0 Å². The molecule has 0 aliphatic heterocycles. The Morgan fingerprint density at radius 3 is 2.59 bits per heavy atom. The van der Waals surface area contributed by atoms with Crippen LogP contribution in [-0.4, -0.2) is 49.1 Å². The average Bonchev–Trinajstić information content (AvgIpc) is 3.26. The van der Waals surface area contributed by atoms with Crippen LogP contribution in [-0.2, 0) is 29.1 Å². The normalized spacial score (nSPS) is 11.4. The molecule has 0 fully saturated rings. The van der Waals surface area contributed by atoms with Gasteiger partial charge in [-0.1, -0.05) is 36.4 Å². The van der Waals surface area contributed by atoms with E-state index in [4.69, 9.17) is 5.73 Å². The number of hydrogen-bond acceptors (Lipinski definition) is 7. The van der Waals surface area contributed by atoms with Crippen molar-refractivity contribution in [2.75, 3.05) is 17.6 Å². The standard InChI is InChI=1S/C25H25F3N8O3/c1-15-12-31-21(30-10-9-16-5-3-2-4-6-16)22(38)35(15)14-20(37)34-36(23(39)25(26,27)28)13-17-7-8-18-19(11-17)33-24(29)32-18/h2-8,11-12H,9-10,13-14H2,1H3,(H,30,31)(H,34,37)(H3,29,32,33). The second-order valence-electron chi connectivity index (χ2n) is 8.70. The topological polar surface area (TPSA) is 151 Å². The summed E-state index contributed by atoms with van der Waals surface area (Å²) in [5.74, 6) is -3.18. The summed E-state index contributed by atoms with van der Waals surface area (Å²) in [5.41, 5.74) is 9.50. The van der Waals surface area contributed by atoms with Crippen LogP contribution in [0, 0.1) is 6.92 Å². The predicted octanol–water partition coefficient (Wildman–Crippen LogP) is 2.29. The summed E-state index contributed by atoms with van der Waals surface area (Å²) in [4.78, 5) is 48.7. The number of hydrazine groups is 1. The van der Waals surface area contributed by atoms with Gasteiger partial charge in [-0.05, 0) is 36.6 Å². The molecule has 5 N–H and O–H groups in total. The van der Waals surface area contributed by atoms with Crippen molar-refractivity contribution in [3.05, 3.63) is 81.9 Å². The third-order valence-corrected chi connectivity index (χ3v) is 5.76. The predicted molar refractivity (Wildman–Crippen MR) is 137 cm³/mol. The van der Waals surface area contributed by atoms with Crippen LogP contribution in [0.25, 0.3) is 11.0 Å². The number of hydrogen-bond donors (Lipinski definition) is 4. The molecule has 39 heavy (non-hydrogen) atoms. The van der Waals surface area contributed by atoms with Crippen molar-refractivity contribution in [1.82, 2.24) is 30.0 Å². The molecule has 2 amide bonds. The number of anilines is 2. The van der Waals surface area contributed by atoms with Crippen LogP contribution >= 0.6 is 0 Å². The second kappa shape index (κ2) is 11.2. The van der Waals surface area contributed by atoms with Gasteiger partial charge in [0.2, 0.25) is 0 Å². The summed E-state index contributed by atoms with van der Waals surface area (Å²) in [6, 6.07) is 14.0. The van der Waals surface area contributed by atoms with Crippen LogP contribution in [0.5, 0.6) is 0 Å². The molecule has 0 spiro atoms. The number of alkyl halides is 3. The second-order valence-corrected chi connectivity index (χ2v) is 8.70. The zero-order valence-corrected chi connectivity index (χ0v) is 20.7. The molecule has 2 aromatic carbocycles. The Labute approximate surface area is 219 Å². The van der Waals surface area contributed by atoms with E-state index in [0.717, 1.165) is 10.1 Å². The highest BCUT2D eigenvalue weighted by atomic mass is 19.4. The SMILES string of the molecule is Cc1cnc(NCCc2ccccc2)c(=O)n1CC(=O)NN(Cc1ccc2nc(N)[nH]c2c1)C(=O)C(F)(F)F. The zero-order valence-electron chi connectivity index (χ0n) is 20.7. The van der Waals surface area contributed by atoms with Crippen LogP contribution in [0.15, 0.2) is 59.5 Å². The Balaban J connectivity index is 1.48. The lowest BCUT2D eigenvalue weighted by molar-refractivity contribution is -0.190. The van der Waals surface area contributed by atoms with Gasteiger partial charge in [0.15, 0.2) is 11.8 Å². The van der Waals surface area contributed by atoms with Crippen LogP contribution in [0.4, 0.5) is 24.9 Å². The van der Waals surface area contributed by atoms with Gasteiger partial charge in [0.1, 0.15) is 6.54 Å². The van der Waals surface area contributed by atoms with Crippen LogP contribution in [0.3, 0.4) is 0 Å². The van der Waals surface area contributed by atoms with Gasteiger partial charge in [-0.2, -0.15) is 13.2 Å². The molecule has 4 aromatic rings. The summed E-state index contributed by atoms with van der Waals surface area (Å²) in [6.07, 6.45) is -3.28. The van der Waals surface area contributed by atoms with Gasteiger partial charge in [-0.15, -0.1) is 0 Å². The molecule has 0 saturated heterocycles. The number of nitrogens with two attached hydrogens (primary N) is 1. The molecule has 0 radical (unpaired) electrons. The number of fused-ring (bicyclic) bond motifs is 1. The van der Waals surface area contributed by atoms with Gasteiger partial charge in [0, 0.05) is 18.4 Å². The third-order valence-electron chi connectivity index (χ3n) is 5.76. The van der Waals surface area contributed by atoms with E-state index in [2.05, 4.69) is 20.3 Å². The fourth-order valence-electron chi connectivity index (χ4n) is 3.86. The quantitative estimate of drug-likeness (QED) is 0.250. The summed E-state index contributed by atoms with van der Waals surface area (Å²) < 4.78 is 41.0. The molecule has 204 valence electrons. The number of carbonyl (C=O) groups excluding carboxylic acids is 2. The first-order valence-corrected chi connectivity index (χ1v) is 11.8. The third kappa shape index (κ3) is 6.71. The number of imidazole rings is 1. The summed E-state index contributed by atoms with van der Waals surface area (Å²) in [7, 11) is 0. The van der Waals surface area contributed by atoms with E-state index in [9.17, 15) is 27.6 Å². The van der Waals surface area contributed by atoms with Crippen LogP contribution in [0.1, 0.15) is 16.8 Å². The van der Waals surface area contributed by atoms with E-state index in [1.807, 2.05) is 35.8 Å². The Hall–Kier alpha value is -4.88. The van der Waals surface area contributed by atoms with Gasteiger partial charge < -0.3 is 16.0 Å².